The van der Waals surface area contributed by atoms with Crippen LogP contribution in [0.25, 0.3) is 0 Å². The van der Waals surface area contributed by atoms with Gasteiger partial charge in [0.25, 0.3) is 0 Å². The van der Waals surface area contributed by atoms with Gasteiger partial charge in [0, 0.05) is 0 Å². The van der Waals surface area contributed by atoms with Crippen molar-refractivity contribution in [1.82, 2.24) is 8.77 Å². The fraction of sp³-hybridized carbons (Fsp3) is 0.800. The summed E-state index contributed by atoms with van der Waals surface area (Å²) >= 11 is 7.32. The molecule has 0 saturated carbocycles. The Hall–Kier alpha value is 0.890. The number of hydrogen-bond donors (Lipinski definition) is 2. The van der Waals surface area contributed by atoms with E-state index in [0.29, 0.717) is 26.3 Å². The Morgan fingerprint density at radius 2 is 1.92 bits per heavy atom. The van der Waals surface area contributed by atoms with E-state index in [4.69, 9.17) is 9.57 Å². The summed E-state index contributed by atoms with van der Waals surface area (Å²) in [6.45, 7) is 2.32. The second-order valence-electron chi connectivity index (χ2n) is 2.19. The molecule has 1 saturated heterocycles. The fourth-order valence-corrected chi connectivity index (χ4v) is 0.858. The maximum absolute atomic E-state index is 10.9. The van der Waals surface area contributed by atoms with E-state index in [1.165, 1.54) is 5.06 Å². The van der Waals surface area contributed by atoms with Crippen molar-refractivity contribution in [3.8, 4) is 0 Å². The first-order valence-corrected chi connectivity index (χ1v) is 4.22. The van der Waals surface area contributed by atoms with Crippen LogP contribution in [0.15, 0.2) is 0 Å². The molecule has 1 aliphatic rings. The normalized spacial score (nSPS) is 17.4. The number of amides is 1. The minimum atomic E-state index is -0.608. The monoisotopic (exact) mass is 234 g/mol. The Labute approximate surface area is 110 Å². The third-order valence-corrected chi connectivity index (χ3v) is 1.67. The van der Waals surface area contributed by atoms with E-state index in [2.05, 4.69) is 25.6 Å². The van der Waals surface area contributed by atoms with Crippen LogP contribution in [0, 0.1) is 0 Å². The molecule has 0 aromatic rings. The second kappa shape index (κ2) is 7.22. The Morgan fingerprint density at radius 3 is 2.38 bits per heavy atom. The van der Waals surface area contributed by atoms with Gasteiger partial charge in [0.1, 0.15) is 0 Å². The van der Waals surface area contributed by atoms with Crippen LogP contribution in [0.4, 0.5) is 4.79 Å². The molecule has 72 valence electrons. The maximum atomic E-state index is 10.9. The zero-order valence-electron chi connectivity index (χ0n) is 6.34. The number of hydroxylamine groups is 2. The molecule has 1 rings (SSSR count). The van der Waals surface area contributed by atoms with Gasteiger partial charge >= 0.3 is 35.7 Å². The Bertz CT molecular complexity index is 166. The summed E-state index contributed by atoms with van der Waals surface area (Å²) in [7, 11) is 0. The summed E-state index contributed by atoms with van der Waals surface area (Å²) in [6, 6.07) is 0. The number of morpholine rings is 1. The minimum absolute atomic E-state index is 0. The molecule has 0 bridgehead atoms. The van der Waals surface area contributed by atoms with Crippen LogP contribution < -0.4 is 0 Å². The average Bonchev–Trinajstić information content (AvgIpc) is 2.06. The molecule has 1 amide bonds. The zero-order chi connectivity index (χ0) is 8.97. The van der Waals surface area contributed by atoms with E-state index >= 15 is 0 Å². The first kappa shape index (κ1) is 13.9. The number of rotatable bonds is 1. The van der Waals surface area contributed by atoms with Crippen molar-refractivity contribution in [3.63, 3.8) is 0 Å². The van der Waals surface area contributed by atoms with E-state index in [1.54, 1.807) is 0 Å². The van der Waals surface area contributed by atoms with Crippen molar-refractivity contribution in [2.75, 3.05) is 26.3 Å². The van der Waals surface area contributed by atoms with Crippen LogP contribution in [-0.2, 0) is 9.57 Å². The molecule has 0 unspecified atom stereocenters. The first-order chi connectivity index (χ1) is 5.70. The van der Waals surface area contributed by atoms with E-state index in [-0.39, 0.29) is 29.6 Å². The molecule has 1 heterocycles. The summed E-state index contributed by atoms with van der Waals surface area (Å²) in [5, 5.41) is 1.52. The third-order valence-electron chi connectivity index (χ3n) is 1.34. The van der Waals surface area contributed by atoms with Crippen molar-refractivity contribution >= 4 is 61.3 Å². The molecule has 0 N–H and O–H groups in total. The molecular weight excluding hydrogens is 223 g/mol. The molecule has 0 radical (unpaired) electrons. The van der Waals surface area contributed by atoms with E-state index in [9.17, 15) is 4.79 Å². The standard InChI is InChI=1S/C5H10N2O3S2.Na.H/c8-5(7(11)12)10-6-1-3-9-4-2-6;;/h11-12H,1-4H2;;. The summed E-state index contributed by atoms with van der Waals surface area (Å²) in [6.07, 6.45) is -0.608. The Morgan fingerprint density at radius 1 is 1.38 bits per heavy atom. The molecular formula is C5H11N2NaO3S2. The van der Waals surface area contributed by atoms with Gasteiger partial charge in [0.2, 0.25) is 0 Å². The van der Waals surface area contributed by atoms with Crippen LogP contribution in [0.5, 0.6) is 0 Å². The van der Waals surface area contributed by atoms with Gasteiger partial charge in [-0.15, -0.1) is 5.06 Å². The van der Waals surface area contributed by atoms with Crippen LogP contribution in [0.1, 0.15) is 0 Å². The van der Waals surface area contributed by atoms with Gasteiger partial charge in [0.05, 0.1) is 26.3 Å². The summed E-state index contributed by atoms with van der Waals surface area (Å²) < 4.78 is 5.84. The van der Waals surface area contributed by atoms with Crippen molar-refractivity contribution in [3.05, 3.63) is 0 Å². The summed E-state index contributed by atoms with van der Waals surface area (Å²) in [5.41, 5.74) is 0. The molecule has 0 atom stereocenters. The molecule has 1 fully saturated rings. The summed E-state index contributed by atoms with van der Waals surface area (Å²) in [4.78, 5) is 15.7. The van der Waals surface area contributed by atoms with Crippen LogP contribution in [0.2, 0.25) is 0 Å². The summed E-state index contributed by atoms with van der Waals surface area (Å²) in [5.74, 6) is 0. The van der Waals surface area contributed by atoms with Crippen molar-refractivity contribution < 1.29 is 14.4 Å². The molecule has 0 spiro atoms. The molecule has 5 nitrogen and oxygen atoms in total. The number of ether oxygens (including phenoxy) is 1. The van der Waals surface area contributed by atoms with Crippen molar-refractivity contribution in [2.24, 2.45) is 0 Å². The Kier molecular flexibility index (Phi) is 7.71. The van der Waals surface area contributed by atoms with E-state index in [1.807, 2.05) is 0 Å². The van der Waals surface area contributed by atoms with Gasteiger partial charge in [-0.3, -0.25) is 0 Å². The molecule has 0 aromatic heterocycles. The number of carbonyl (C=O) groups is 1. The first-order valence-electron chi connectivity index (χ1n) is 3.42. The molecule has 1 aliphatic heterocycles. The SMILES string of the molecule is O=C(ON1CCOCC1)N(S)S.[NaH]. The van der Waals surface area contributed by atoms with Gasteiger partial charge in [-0.1, -0.05) is 0 Å². The van der Waals surface area contributed by atoms with Crippen LogP contribution in [-0.4, -0.2) is 70.7 Å². The van der Waals surface area contributed by atoms with Gasteiger partial charge < -0.3 is 9.57 Å². The Balaban J connectivity index is 0.00000144. The fourth-order valence-electron chi connectivity index (χ4n) is 0.785. The second-order valence-corrected chi connectivity index (χ2v) is 3.30. The van der Waals surface area contributed by atoms with Crippen molar-refractivity contribution in [1.29, 1.82) is 0 Å². The van der Waals surface area contributed by atoms with Crippen LogP contribution >= 0.6 is 25.6 Å². The van der Waals surface area contributed by atoms with Gasteiger partial charge in [-0.2, -0.15) is 3.71 Å². The third kappa shape index (κ3) is 5.36. The molecule has 0 aromatic carbocycles. The number of thiol groups is 2. The van der Waals surface area contributed by atoms with Gasteiger partial charge in [0.15, 0.2) is 0 Å². The topological polar surface area (TPSA) is 42.0 Å². The van der Waals surface area contributed by atoms with Gasteiger partial charge in [-0.25, -0.2) is 4.79 Å². The molecule has 0 aliphatic carbocycles. The quantitative estimate of drug-likeness (QED) is 0.483. The van der Waals surface area contributed by atoms with Crippen LogP contribution in [0.3, 0.4) is 0 Å². The van der Waals surface area contributed by atoms with E-state index in [0.717, 1.165) is 3.71 Å². The molecule has 8 heteroatoms. The predicted molar refractivity (Wildman–Crippen MR) is 55.8 cm³/mol. The zero-order valence-corrected chi connectivity index (χ0v) is 8.13. The number of hydrogen-bond acceptors (Lipinski definition) is 6. The average molecular weight is 234 g/mol. The van der Waals surface area contributed by atoms with E-state index < -0.39 is 6.09 Å². The molecule has 13 heavy (non-hydrogen) atoms. The predicted octanol–water partition coefficient (Wildman–Crippen LogP) is -0.287. The number of carbonyl (C=O) groups excluding carboxylic acids is 1. The number of nitrogens with zero attached hydrogens (tertiary/aromatic N) is 2. The van der Waals surface area contributed by atoms with Gasteiger partial charge in [-0.05, 0) is 25.6 Å². The van der Waals surface area contributed by atoms with Crippen molar-refractivity contribution in [2.45, 2.75) is 0 Å².